The molecule has 2 amide bonds. The van der Waals surface area contributed by atoms with E-state index in [-0.39, 0.29) is 24.2 Å². The molecule has 2 fully saturated rings. The molecule has 2 heterocycles. The van der Waals surface area contributed by atoms with E-state index < -0.39 is 5.82 Å². The Kier molecular flexibility index (Phi) is 5.42. The van der Waals surface area contributed by atoms with E-state index in [9.17, 15) is 14.0 Å². The number of halogens is 1. The minimum absolute atomic E-state index is 0.00246. The number of nitrogens with zero attached hydrogens (tertiary/aromatic N) is 2. The largest absolute Gasteiger partial charge is 0.379 e. The van der Waals surface area contributed by atoms with Gasteiger partial charge >= 0.3 is 0 Å². The van der Waals surface area contributed by atoms with Gasteiger partial charge in [-0.15, -0.1) is 0 Å². The number of hydrogen-bond donors (Lipinski definition) is 1. The third kappa shape index (κ3) is 4.30. The van der Waals surface area contributed by atoms with E-state index in [0.29, 0.717) is 18.8 Å². The average Bonchev–Trinajstić information content (AvgIpc) is 2.95. The summed E-state index contributed by atoms with van der Waals surface area (Å²) in [5.74, 6) is -1.02. The first-order chi connectivity index (χ1) is 11.6. The molecular formula is C17H22FN3O3. The van der Waals surface area contributed by atoms with Gasteiger partial charge in [0.05, 0.1) is 19.1 Å². The zero-order valence-corrected chi connectivity index (χ0v) is 13.5. The van der Waals surface area contributed by atoms with Gasteiger partial charge in [-0.1, -0.05) is 6.07 Å². The maximum atomic E-state index is 13.2. The summed E-state index contributed by atoms with van der Waals surface area (Å²) >= 11 is 0. The lowest BCUT2D eigenvalue weighted by atomic mass is 10.1. The summed E-state index contributed by atoms with van der Waals surface area (Å²) in [4.78, 5) is 28.4. The van der Waals surface area contributed by atoms with Gasteiger partial charge in [-0.05, 0) is 18.2 Å². The third-order valence-corrected chi connectivity index (χ3v) is 4.47. The predicted molar refractivity (Wildman–Crippen MR) is 87.0 cm³/mol. The molecular weight excluding hydrogens is 313 g/mol. The molecule has 0 saturated carbocycles. The highest BCUT2D eigenvalue weighted by atomic mass is 19.1. The topological polar surface area (TPSA) is 61.9 Å². The molecule has 1 N–H and O–H groups in total. The standard InChI is InChI=1S/C17H22FN3O3/c18-14-2-1-3-15(11-14)19-17(23)13-10-16(22)21(12-13)5-4-20-6-8-24-9-7-20/h1-3,11,13H,4-10,12H2,(H,19,23). The second-order valence-electron chi connectivity index (χ2n) is 6.19. The first-order valence-corrected chi connectivity index (χ1v) is 8.26. The van der Waals surface area contributed by atoms with Crippen LogP contribution in [0.2, 0.25) is 0 Å². The maximum Gasteiger partial charge on any atom is 0.229 e. The van der Waals surface area contributed by atoms with E-state index in [1.165, 1.54) is 12.1 Å². The van der Waals surface area contributed by atoms with Crippen molar-refractivity contribution in [3.05, 3.63) is 30.1 Å². The van der Waals surface area contributed by atoms with Crippen LogP contribution in [-0.4, -0.2) is 67.6 Å². The Balaban J connectivity index is 1.49. The SMILES string of the molecule is O=C(Nc1cccc(F)c1)C1CC(=O)N(CCN2CCOCC2)C1. The zero-order valence-electron chi connectivity index (χ0n) is 13.5. The lowest BCUT2D eigenvalue weighted by Gasteiger charge is -2.28. The van der Waals surface area contributed by atoms with Crippen molar-refractivity contribution in [3.63, 3.8) is 0 Å². The molecule has 1 unspecified atom stereocenters. The zero-order chi connectivity index (χ0) is 16.9. The van der Waals surface area contributed by atoms with Crippen LogP contribution in [0, 0.1) is 11.7 Å². The minimum Gasteiger partial charge on any atom is -0.379 e. The van der Waals surface area contributed by atoms with Gasteiger partial charge in [-0.2, -0.15) is 0 Å². The van der Waals surface area contributed by atoms with Crippen LogP contribution in [0.15, 0.2) is 24.3 Å². The number of amides is 2. The summed E-state index contributed by atoms with van der Waals surface area (Å²) in [5, 5.41) is 2.69. The van der Waals surface area contributed by atoms with Crippen molar-refractivity contribution in [2.24, 2.45) is 5.92 Å². The Morgan fingerprint density at radius 3 is 2.83 bits per heavy atom. The van der Waals surface area contributed by atoms with Gasteiger partial charge in [0.2, 0.25) is 11.8 Å². The summed E-state index contributed by atoms with van der Waals surface area (Å²) < 4.78 is 18.5. The second-order valence-corrected chi connectivity index (χ2v) is 6.19. The van der Waals surface area contributed by atoms with E-state index in [4.69, 9.17) is 4.74 Å². The number of carbonyl (C=O) groups excluding carboxylic acids is 2. The van der Waals surface area contributed by atoms with Gasteiger partial charge in [0, 0.05) is 44.8 Å². The average molecular weight is 335 g/mol. The molecule has 2 saturated heterocycles. The summed E-state index contributed by atoms with van der Waals surface area (Å²) in [7, 11) is 0. The monoisotopic (exact) mass is 335 g/mol. The highest BCUT2D eigenvalue weighted by Gasteiger charge is 2.34. The van der Waals surface area contributed by atoms with Crippen molar-refractivity contribution in [2.75, 3.05) is 51.3 Å². The number of likely N-dealkylation sites (tertiary alicyclic amines) is 1. The van der Waals surface area contributed by atoms with E-state index in [0.717, 1.165) is 32.8 Å². The molecule has 0 bridgehead atoms. The fraction of sp³-hybridized carbons (Fsp3) is 0.529. The number of carbonyl (C=O) groups is 2. The van der Waals surface area contributed by atoms with Crippen molar-refractivity contribution in [3.8, 4) is 0 Å². The molecule has 0 aliphatic carbocycles. The molecule has 0 spiro atoms. The molecule has 0 aromatic heterocycles. The van der Waals surface area contributed by atoms with E-state index >= 15 is 0 Å². The van der Waals surface area contributed by atoms with E-state index in [1.807, 2.05) is 0 Å². The van der Waals surface area contributed by atoms with Crippen molar-refractivity contribution < 1.29 is 18.7 Å². The minimum atomic E-state index is -0.401. The molecule has 1 aromatic carbocycles. The number of rotatable bonds is 5. The Hall–Kier alpha value is -1.99. The third-order valence-electron chi connectivity index (χ3n) is 4.47. The number of anilines is 1. The van der Waals surface area contributed by atoms with Crippen LogP contribution in [0.4, 0.5) is 10.1 Å². The Labute approximate surface area is 140 Å². The smallest absolute Gasteiger partial charge is 0.229 e. The molecule has 2 aliphatic heterocycles. The molecule has 130 valence electrons. The van der Waals surface area contributed by atoms with Crippen LogP contribution < -0.4 is 5.32 Å². The molecule has 1 aromatic rings. The first kappa shape index (κ1) is 16.9. The molecule has 6 nitrogen and oxygen atoms in total. The van der Waals surface area contributed by atoms with Crippen molar-refractivity contribution in [1.82, 2.24) is 9.80 Å². The van der Waals surface area contributed by atoms with Crippen LogP contribution in [0.3, 0.4) is 0 Å². The van der Waals surface area contributed by atoms with Crippen molar-refractivity contribution in [2.45, 2.75) is 6.42 Å². The number of hydrogen-bond acceptors (Lipinski definition) is 4. The molecule has 3 rings (SSSR count). The van der Waals surface area contributed by atoms with Crippen molar-refractivity contribution >= 4 is 17.5 Å². The lowest BCUT2D eigenvalue weighted by molar-refractivity contribution is -0.128. The summed E-state index contributed by atoms with van der Waals surface area (Å²) in [6, 6.07) is 5.76. The van der Waals surface area contributed by atoms with E-state index in [2.05, 4.69) is 10.2 Å². The van der Waals surface area contributed by atoms with Crippen LogP contribution in [0.1, 0.15) is 6.42 Å². The van der Waals surface area contributed by atoms with Crippen LogP contribution in [0.5, 0.6) is 0 Å². The van der Waals surface area contributed by atoms with E-state index in [1.54, 1.807) is 17.0 Å². The first-order valence-electron chi connectivity index (χ1n) is 8.26. The van der Waals surface area contributed by atoms with Gasteiger partial charge in [0.1, 0.15) is 5.82 Å². The molecule has 2 aliphatic rings. The van der Waals surface area contributed by atoms with Gasteiger partial charge < -0.3 is 15.0 Å². The van der Waals surface area contributed by atoms with Gasteiger partial charge in [0.15, 0.2) is 0 Å². The maximum absolute atomic E-state index is 13.2. The van der Waals surface area contributed by atoms with Gasteiger partial charge in [-0.25, -0.2) is 4.39 Å². The van der Waals surface area contributed by atoms with Gasteiger partial charge in [-0.3, -0.25) is 14.5 Å². The normalized spacial score (nSPS) is 22.0. The molecule has 7 heteroatoms. The number of nitrogens with one attached hydrogen (secondary N) is 1. The number of ether oxygens (including phenoxy) is 1. The lowest BCUT2D eigenvalue weighted by Crippen LogP contribution is -2.42. The Bertz CT molecular complexity index is 604. The fourth-order valence-corrected chi connectivity index (χ4v) is 3.06. The highest BCUT2D eigenvalue weighted by Crippen LogP contribution is 2.20. The molecule has 1 atom stereocenters. The fourth-order valence-electron chi connectivity index (χ4n) is 3.06. The van der Waals surface area contributed by atoms with Gasteiger partial charge in [0.25, 0.3) is 0 Å². The molecule has 24 heavy (non-hydrogen) atoms. The van der Waals surface area contributed by atoms with Crippen LogP contribution in [0.25, 0.3) is 0 Å². The van der Waals surface area contributed by atoms with Crippen LogP contribution >= 0.6 is 0 Å². The number of morpholine rings is 1. The van der Waals surface area contributed by atoms with Crippen molar-refractivity contribution in [1.29, 1.82) is 0 Å². The number of benzene rings is 1. The summed E-state index contributed by atoms with van der Waals surface area (Å²) in [6.07, 6.45) is 0.213. The highest BCUT2D eigenvalue weighted by molar-refractivity contribution is 5.97. The second kappa shape index (κ2) is 7.72. The molecule has 0 radical (unpaired) electrons. The quantitative estimate of drug-likeness (QED) is 0.870. The summed E-state index contributed by atoms with van der Waals surface area (Å²) in [5.41, 5.74) is 0.416. The predicted octanol–water partition coefficient (Wildman–Crippen LogP) is 0.945. The Morgan fingerprint density at radius 1 is 1.29 bits per heavy atom. The summed E-state index contributed by atoms with van der Waals surface area (Å²) in [6.45, 7) is 5.07. The van der Waals surface area contributed by atoms with Crippen LogP contribution in [-0.2, 0) is 14.3 Å². The Morgan fingerprint density at radius 2 is 2.08 bits per heavy atom.